The van der Waals surface area contributed by atoms with E-state index in [2.05, 4.69) is 10.4 Å². The highest BCUT2D eigenvalue weighted by molar-refractivity contribution is 5.94. The van der Waals surface area contributed by atoms with Gasteiger partial charge in [0, 0.05) is 31.4 Å². The zero-order valence-electron chi connectivity index (χ0n) is 15.7. The van der Waals surface area contributed by atoms with E-state index < -0.39 is 0 Å². The number of pyridine rings is 1. The summed E-state index contributed by atoms with van der Waals surface area (Å²) in [5.74, 6) is 0.358. The lowest BCUT2D eigenvalue weighted by Crippen LogP contribution is -2.28. The van der Waals surface area contributed by atoms with Gasteiger partial charge >= 0.3 is 0 Å². The van der Waals surface area contributed by atoms with E-state index in [-0.39, 0.29) is 11.5 Å². The third-order valence-corrected chi connectivity index (χ3v) is 4.48. The Bertz CT molecular complexity index is 1140. The number of benzene rings is 1. The molecule has 0 unspecified atom stereocenters. The molecule has 29 heavy (non-hydrogen) atoms. The van der Waals surface area contributed by atoms with Gasteiger partial charge in [-0.2, -0.15) is 5.10 Å². The molecule has 4 aromatic rings. The number of hydrogen-bond donors (Lipinski definition) is 1. The Kier molecular flexibility index (Phi) is 5.38. The van der Waals surface area contributed by atoms with E-state index in [1.165, 1.54) is 6.07 Å². The summed E-state index contributed by atoms with van der Waals surface area (Å²) in [6, 6.07) is 19.8. The molecule has 0 bridgehead atoms. The minimum Gasteiger partial charge on any atom is -0.463 e. The Morgan fingerprint density at radius 3 is 2.62 bits per heavy atom. The molecule has 0 aliphatic rings. The second kappa shape index (κ2) is 8.43. The van der Waals surface area contributed by atoms with Crippen LogP contribution in [0, 0.1) is 0 Å². The van der Waals surface area contributed by atoms with Crippen molar-refractivity contribution < 1.29 is 9.21 Å². The van der Waals surface area contributed by atoms with Gasteiger partial charge in [-0.25, -0.2) is 4.68 Å². The van der Waals surface area contributed by atoms with E-state index in [1.54, 1.807) is 46.0 Å². The Labute approximate surface area is 167 Å². The van der Waals surface area contributed by atoms with Crippen LogP contribution in [0.2, 0.25) is 0 Å². The summed E-state index contributed by atoms with van der Waals surface area (Å²) >= 11 is 0. The number of carbonyl (C=O) groups is 1. The summed E-state index contributed by atoms with van der Waals surface area (Å²) in [5, 5.41) is 7.46. The molecule has 146 valence electrons. The van der Waals surface area contributed by atoms with E-state index in [0.29, 0.717) is 36.7 Å². The molecule has 4 rings (SSSR count). The normalized spacial score (nSPS) is 10.8. The minimum atomic E-state index is -0.237. The highest BCUT2D eigenvalue weighted by Gasteiger charge is 2.18. The number of aromatic nitrogens is 3. The van der Waals surface area contributed by atoms with E-state index in [9.17, 15) is 9.59 Å². The van der Waals surface area contributed by atoms with Crippen LogP contribution in [0.4, 0.5) is 0 Å². The number of hydrogen-bond acceptors (Lipinski definition) is 4. The highest BCUT2D eigenvalue weighted by Crippen LogP contribution is 2.22. The number of para-hydroxylation sites is 1. The highest BCUT2D eigenvalue weighted by atomic mass is 16.3. The maximum Gasteiger partial charge on any atom is 0.270 e. The third-order valence-electron chi connectivity index (χ3n) is 4.48. The van der Waals surface area contributed by atoms with Gasteiger partial charge < -0.3 is 14.3 Å². The molecule has 0 fully saturated rings. The van der Waals surface area contributed by atoms with Gasteiger partial charge in [0.2, 0.25) is 5.56 Å². The Hall–Kier alpha value is -3.87. The number of carbonyl (C=O) groups excluding carboxylic acids is 1. The van der Waals surface area contributed by atoms with Gasteiger partial charge in [-0.05, 0) is 36.8 Å². The zero-order valence-corrected chi connectivity index (χ0v) is 15.7. The molecule has 0 atom stereocenters. The minimum absolute atomic E-state index is 0.0518. The third kappa shape index (κ3) is 4.19. The molecule has 0 radical (unpaired) electrons. The molecule has 0 aliphatic heterocycles. The van der Waals surface area contributed by atoms with Crippen molar-refractivity contribution in [1.82, 2.24) is 19.7 Å². The van der Waals surface area contributed by atoms with Crippen molar-refractivity contribution in [3.63, 3.8) is 0 Å². The van der Waals surface area contributed by atoms with Crippen LogP contribution in [0.15, 0.2) is 88.4 Å². The predicted molar refractivity (Wildman–Crippen MR) is 109 cm³/mol. The van der Waals surface area contributed by atoms with Crippen molar-refractivity contribution in [2.24, 2.45) is 0 Å². The summed E-state index contributed by atoms with van der Waals surface area (Å²) in [4.78, 5) is 24.6. The average molecular weight is 388 g/mol. The van der Waals surface area contributed by atoms with Crippen LogP contribution in [0.1, 0.15) is 16.9 Å². The van der Waals surface area contributed by atoms with Crippen LogP contribution < -0.4 is 10.9 Å². The standard InChI is InChI=1S/C22H20N4O3/c27-21-11-4-5-13-25(21)14-7-12-23-22(28)19-16-18(20-10-6-15-29-20)24-26(19)17-8-2-1-3-9-17/h1-6,8-11,13,15-16H,7,12,14H2,(H,23,28). The van der Waals surface area contributed by atoms with Gasteiger partial charge in [0.15, 0.2) is 5.76 Å². The van der Waals surface area contributed by atoms with Crippen LogP contribution in [0.5, 0.6) is 0 Å². The fraction of sp³-hybridized carbons (Fsp3) is 0.136. The van der Waals surface area contributed by atoms with Crippen LogP contribution in [-0.2, 0) is 6.54 Å². The number of furan rings is 1. The molecule has 3 aromatic heterocycles. The summed E-state index contributed by atoms with van der Waals surface area (Å²) in [5.41, 5.74) is 1.73. The smallest absolute Gasteiger partial charge is 0.270 e. The van der Waals surface area contributed by atoms with Crippen molar-refractivity contribution in [1.29, 1.82) is 0 Å². The van der Waals surface area contributed by atoms with Gasteiger partial charge in [0.05, 0.1) is 12.0 Å². The molecule has 0 spiro atoms. The van der Waals surface area contributed by atoms with Gasteiger partial charge in [-0.3, -0.25) is 9.59 Å². The summed E-state index contributed by atoms with van der Waals surface area (Å²) in [6.45, 7) is 0.978. The van der Waals surface area contributed by atoms with Gasteiger partial charge in [0.25, 0.3) is 5.91 Å². The lowest BCUT2D eigenvalue weighted by atomic mass is 10.2. The van der Waals surface area contributed by atoms with E-state index >= 15 is 0 Å². The first-order valence-corrected chi connectivity index (χ1v) is 9.35. The molecule has 0 saturated heterocycles. The molecule has 0 saturated carbocycles. The average Bonchev–Trinajstić information content (AvgIpc) is 3.43. The molecular weight excluding hydrogens is 368 g/mol. The number of nitrogens with one attached hydrogen (secondary N) is 1. The van der Waals surface area contributed by atoms with Crippen molar-refractivity contribution in [3.8, 4) is 17.1 Å². The Morgan fingerprint density at radius 2 is 1.86 bits per heavy atom. The van der Waals surface area contributed by atoms with Crippen molar-refractivity contribution in [3.05, 3.63) is 95.2 Å². The number of amides is 1. The molecule has 1 N–H and O–H groups in total. The first kappa shape index (κ1) is 18.5. The molecule has 3 heterocycles. The van der Waals surface area contributed by atoms with Gasteiger partial charge in [0.1, 0.15) is 11.4 Å². The van der Waals surface area contributed by atoms with Gasteiger partial charge in [-0.1, -0.05) is 24.3 Å². The maximum absolute atomic E-state index is 12.8. The lowest BCUT2D eigenvalue weighted by molar-refractivity contribution is 0.0945. The van der Waals surface area contributed by atoms with E-state index in [4.69, 9.17) is 4.42 Å². The van der Waals surface area contributed by atoms with E-state index in [0.717, 1.165) is 5.69 Å². The Morgan fingerprint density at radius 1 is 1.03 bits per heavy atom. The van der Waals surface area contributed by atoms with Crippen molar-refractivity contribution in [2.75, 3.05) is 6.54 Å². The topological polar surface area (TPSA) is 82.1 Å². The van der Waals surface area contributed by atoms with Crippen LogP contribution in [0.3, 0.4) is 0 Å². The second-order valence-electron chi connectivity index (χ2n) is 6.48. The molecule has 1 aromatic carbocycles. The fourth-order valence-corrected chi connectivity index (χ4v) is 3.04. The summed E-state index contributed by atoms with van der Waals surface area (Å²) in [7, 11) is 0. The fourth-order valence-electron chi connectivity index (χ4n) is 3.04. The maximum atomic E-state index is 12.8. The monoisotopic (exact) mass is 388 g/mol. The number of rotatable bonds is 7. The largest absolute Gasteiger partial charge is 0.463 e. The van der Waals surface area contributed by atoms with Crippen molar-refractivity contribution >= 4 is 5.91 Å². The number of nitrogens with zero attached hydrogens (tertiary/aromatic N) is 3. The van der Waals surface area contributed by atoms with Gasteiger partial charge in [-0.15, -0.1) is 0 Å². The quantitative estimate of drug-likeness (QED) is 0.493. The Balaban J connectivity index is 1.50. The SMILES string of the molecule is O=C(NCCCn1ccccc1=O)c1cc(-c2ccco2)nn1-c1ccccc1. The van der Waals surface area contributed by atoms with Crippen LogP contribution in [-0.4, -0.2) is 26.8 Å². The summed E-state index contributed by atoms with van der Waals surface area (Å²) in [6.07, 6.45) is 3.95. The first-order valence-electron chi connectivity index (χ1n) is 9.35. The second-order valence-corrected chi connectivity index (χ2v) is 6.48. The predicted octanol–water partition coefficient (Wildman–Crippen LogP) is 3.11. The van der Waals surface area contributed by atoms with Crippen molar-refractivity contribution in [2.45, 2.75) is 13.0 Å². The van der Waals surface area contributed by atoms with Crippen LogP contribution >= 0.6 is 0 Å². The lowest BCUT2D eigenvalue weighted by Gasteiger charge is -2.09. The molecule has 1 amide bonds. The zero-order chi connectivity index (χ0) is 20.1. The van der Waals surface area contributed by atoms with E-state index in [1.807, 2.05) is 36.4 Å². The molecular formula is C22H20N4O3. The summed E-state index contributed by atoms with van der Waals surface area (Å²) < 4.78 is 8.65. The molecule has 0 aliphatic carbocycles. The number of aryl methyl sites for hydroxylation is 1. The first-order chi connectivity index (χ1) is 14.2. The van der Waals surface area contributed by atoms with Crippen LogP contribution in [0.25, 0.3) is 17.1 Å². The molecule has 7 nitrogen and oxygen atoms in total. The molecule has 7 heteroatoms.